The van der Waals surface area contributed by atoms with E-state index in [4.69, 9.17) is 9.57 Å². The molecule has 126 valence electrons. The number of rotatable bonds is 3. The highest BCUT2D eigenvalue weighted by Crippen LogP contribution is 2.28. The van der Waals surface area contributed by atoms with Crippen LogP contribution in [0.15, 0.2) is 54.6 Å². The van der Waals surface area contributed by atoms with Crippen LogP contribution in [0, 0.1) is 0 Å². The summed E-state index contributed by atoms with van der Waals surface area (Å²) < 4.78 is 5.86. The zero-order valence-electron chi connectivity index (χ0n) is 14.2. The van der Waals surface area contributed by atoms with Gasteiger partial charge in [0, 0.05) is 30.9 Å². The maximum atomic E-state index is 12.6. The average molecular weight is 326 g/mol. The molecular formula is C19H22N2O3. The summed E-state index contributed by atoms with van der Waals surface area (Å²) in [6, 6.07) is 17.1. The molecule has 5 heteroatoms. The summed E-state index contributed by atoms with van der Waals surface area (Å²) in [6.07, 6.45) is -0.692. The third-order valence-corrected chi connectivity index (χ3v) is 3.93. The Labute approximate surface area is 142 Å². The SMILES string of the molecule is C[C@@H]1CN(C(=O)c2ccccc2)O[C@@H](c2ccc(N(C)C)cc2)O1. The smallest absolute Gasteiger partial charge is 0.277 e. The third kappa shape index (κ3) is 3.58. The van der Waals surface area contributed by atoms with Crippen LogP contribution in [0.25, 0.3) is 0 Å². The molecule has 1 aliphatic heterocycles. The zero-order chi connectivity index (χ0) is 17.1. The minimum absolute atomic E-state index is 0.107. The van der Waals surface area contributed by atoms with E-state index in [-0.39, 0.29) is 12.0 Å². The van der Waals surface area contributed by atoms with Crippen molar-refractivity contribution < 1.29 is 14.4 Å². The molecule has 2 aromatic rings. The number of ether oxygens (including phenoxy) is 1. The van der Waals surface area contributed by atoms with Crippen molar-refractivity contribution in [1.82, 2.24) is 5.06 Å². The van der Waals surface area contributed by atoms with Gasteiger partial charge in [0.25, 0.3) is 5.91 Å². The number of carbonyl (C=O) groups excluding carboxylic acids is 1. The van der Waals surface area contributed by atoms with Gasteiger partial charge in [-0.2, -0.15) is 0 Å². The van der Waals surface area contributed by atoms with Gasteiger partial charge in [-0.3, -0.25) is 4.79 Å². The van der Waals surface area contributed by atoms with Crippen molar-refractivity contribution in [3.63, 3.8) is 0 Å². The molecule has 0 unspecified atom stereocenters. The molecule has 2 aromatic carbocycles. The van der Waals surface area contributed by atoms with Gasteiger partial charge in [-0.15, -0.1) is 0 Å². The van der Waals surface area contributed by atoms with Gasteiger partial charge in [0.15, 0.2) is 0 Å². The molecule has 0 bridgehead atoms. The van der Waals surface area contributed by atoms with Crippen LogP contribution in [0.4, 0.5) is 5.69 Å². The molecule has 0 spiro atoms. The summed E-state index contributed by atoms with van der Waals surface area (Å²) in [5, 5.41) is 1.40. The van der Waals surface area contributed by atoms with E-state index in [1.807, 2.05) is 68.4 Å². The van der Waals surface area contributed by atoms with E-state index >= 15 is 0 Å². The first-order valence-corrected chi connectivity index (χ1v) is 8.01. The molecule has 1 saturated heterocycles. The lowest BCUT2D eigenvalue weighted by molar-refractivity contribution is -0.320. The first kappa shape index (κ1) is 16.5. The van der Waals surface area contributed by atoms with E-state index in [1.165, 1.54) is 5.06 Å². The average Bonchev–Trinajstić information content (AvgIpc) is 2.61. The molecule has 0 saturated carbocycles. The van der Waals surface area contributed by atoms with Crippen LogP contribution in [0.5, 0.6) is 0 Å². The Morgan fingerprint density at radius 3 is 2.38 bits per heavy atom. The van der Waals surface area contributed by atoms with Crippen LogP contribution >= 0.6 is 0 Å². The van der Waals surface area contributed by atoms with Gasteiger partial charge in [-0.25, -0.2) is 9.90 Å². The Morgan fingerprint density at radius 2 is 1.75 bits per heavy atom. The van der Waals surface area contributed by atoms with Crippen LogP contribution in [0.3, 0.4) is 0 Å². The van der Waals surface area contributed by atoms with Crippen molar-refractivity contribution in [3.05, 3.63) is 65.7 Å². The maximum Gasteiger partial charge on any atom is 0.277 e. The third-order valence-electron chi connectivity index (χ3n) is 3.93. The van der Waals surface area contributed by atoms with Crippen LogP contribution in [-0.2, 0) is 9.57 Å². The Balaban J connectivity index is 1.77. The predicted octanol–water partition coefficient (Wildman–Crippen LogP) is 3.24. The number of anilines is 1. The van der Waals surface area contributed by atoms with Crippen molar-refractivity contribution in [3.8, 4) is 0 Å². The molecule has 0 radical (unpaired) electrons. The van der Waals surface area contributed by atoms with Crippen molar-refractivity contribution in [2.75, 3.05) is 25.5 Å². The highest BCUT2D eigenvalue weighted by atomic mass is 16.8. The van der Waals surface area contributed by atoms with E-state index in [9.17, 15) is 4.79 Å². The second kappa shape index (κ2) is 7.03. The summed E-state index contributed by atoms with van der Waals surface area (Å²) in [5.41, 5.74) is 2.59. The van der Waals surface area contributed by atoms with E-state index < -0.39 is 6.29 Å². The molecule has 1 heterocycles. The molecule has 0 aromatic heterocycles. The summed E-state index contributed by atoms with van der Waals surface area (Å²) >= 11 is 0. The van der Waals surface area contributed by atoms with Gasteiger partial charge in [0.05, 0.1) is 12.6 Å². The molecule has 2 atom stereocenters. The van der Waals surface area contributed by atoms with E-state index in [0.29, 0.717) is 12.1 Å². The summed E-state index contributed by atoms with van der Waals surface area (Å²) in [4.78, 5) is 20.4. The number of hydrogen-bond donors (Lipinski definition) is 0. The Morgan fingerprint density at radius 1 is 1.08 bits per heavy atom. The van der Waals surface area contributed by atoms with Crippen LogP contribution < -0.4 is 4.90 Å². The Bertz CT molecular complexity index is 686. The fraction of sp³-hybridized carbons (Fsp3) is 0.316. The van der Waals surface area contributed by atoms with Crippen molar-refractivity contribution in [2.24, 2.45) is 0 Å². The molecule has 1 aliphatic rings. The zero-order valence-corrected chi connectivity index (χ0v) is 14.2. The number of amides is 1. The predicted molar refractivity (Wildman–Crippen MR) is 92.6 cm³/mol. The van der Waals surface area contributed by atoms with Crippen molar-refractivity contribution >= 4 is 11.6 Å². The highest BCUT2D eigenvalue weighted by molar-refractivity contribution is 5.93. The van der Waals surface area contributed by atoms with Gasteiger partial charge >= 0.3 is 0 Å². The van der Waals surface area contributed by atoms with Crippen LogP contribution in [0.1, 0.15) is 29.1 Å². The molecule has 24 heavy (non-hydrogen) atoms. The normalized spacial score (nSPS) is 20.7. The minimum atomic E-state index is -0.586. The Hall–Kier alpha value is -2.37. The van der Waals surface area contributed by atoms with Crippen molar-refractivity contribution in [2.45, 2.75) is 19.3 Å². The largest absolute Gasteiger partial charge is 0.378 e. The second-order valence-corrected chi connectivity index (χ2v) is 6.10. The van der Waals surface area contributed by atoms with Crippen molar-refractivity contribution in [1.29, 1.82) is 0 Å². The van der Waals surface area contributed by atoms with Gasteiger partial charge in [0.2, 0.25) is 6.29 Å². The van der Waals surface area contributed by atoms with Crippen LogP contribution in [-0.4, -0.2) is 37.7 Å². The maximum absolute atomic E-state index is 12.6. The molecule has 5 nitrogen and oxygen atoms in total. The van der Waals surface area contributed by atoms with E-state index in [1.54, 1.807) is 12.1 Å². The number of carbonyl (C=O) groups is 1. The lowest BCUT2D eigenvalue weighted by Crippen LogP contribution is -2.44. The number of hydrogen-bond acceptors (Lipinski definition) is 4. The number of benzene rings is 2. The molecular weight excluding hydrogens is 304 g/mol. The number of nitrogens with zero attached hydrogens (tertiary/aromatic N) is 2. The van der Waals surface area contributed by atoms with E-state index in [2.05, 4.69) is 0 Å². The first-order valence-electron chi connectivity index (χ1n) is 8.01. The summed E-state index contributed by atoms with van der Waals surface area (Å²) in [7, 11) is 3.98. The lowest BCUT2D eigenvalue weighted by atomic mass is 10.1. The standard InChI is InChI=1S/C19H22N2O3/c1-14-13-21(18(22)15-7-5-4-6-8-15)24-19(23-14)16-9-11-17(12-10-16)20(2)3/h4-12,14,19H,13H2,1-3H3/t14-,19+/m1/s1. The summed E-state index contributed by atoms with van der Waals surface area (Å²) in [6.45, 7) is 2.34. The van der Waals surface area contributed by atoms with Gasteiger partial charge < -0.3 is 9.64 Å². The number of hydroxylamine groups is 2. The fourth-order valence-corrected chi connectivity index (χ4v) is 2.60. The quantitative estimate of drug-likeness (QED) is 0.868. The second-order valence-electron chi connectivity index (χ2n) is 6.10. The topological polar surface area (TPSA) is 42.0 Å². The van der Waals surface area contributed by atoms with Gasteiger partial charge in [0.1, 0.15) is 0 Å². The Kier molecular flexibility index (Phi) is 4.83. The highest BCUT2D eigenvalue weighted by Gasteiger charge is 2.31. The van der Waals surface area contributed by atoms with Gasteiger partial charge in [-0.05, 0) is 31.2 Å². The molecule has 0 aliphatic carbocycles. The summed E-state index contributed by atoms with van der Waals surface area (Å²) in [5.74, 6) is -0.152. The molecule has 0 N–H and O–H groups in total. The van der Waals surface area contributed by atoms with Crippen LogP contribution in [0.2, 0.25) is 0 Å². The van der Waals surface area contributed by atoms with Gasteiger partial charge in [-0.1, -0.05) is 30.3 Å². The lowest BCUT2D eigenvalue weighted by Gasteiger charge is -2.36. The molecule has 1 fully saturated rings. The minimum Gasteiger partial charge on any atom is -0.378 e. The first-order chi connectivity index (χ1) is 11.5. The monoisotopic (exact) mass is 326 g/mol. The molecule has 1 amide bonds. The fourth-order valence-electron chi connectivity index (χ4n) is 2.60. The van der Waals surface area contributed by atoms with E-state index in [0.717, 1.165) is 11.3 Å². The molecule has 3 rings (SSSR count).